The fourth-order valence-electron chi connectivity index (χ4n) is 5.57. The minimum atomic E-state index is -2.15. The Morgan fingerprint density at radius 1 is 1.17 bits per heavy atom. The lowest BCUT2D eigenvalue weighted by Crippen LogP contribution is -2.52. The maximum absolute atomic E-state index is 12.8. The molecule has 5 nitrogen and oxygen atoms in total. The van der Waals surface area contributed by atoms with E-state index in [9.17, 15) is 9.59 Å². The molecule has 0 aromatic heterocycles. The van der Waals surface area contributed by atoms with Gasteiger partial charge in [-0.25, -0.2) is 0 Å². The highest BCUT2D eigenvalue weighted by atomic mass is 28.4. The summed E-state index contributed by atoms with van der Waals surface area (Å²) in [5, 5.41) is 0. The molecule has 1 aliphatic carbocycles. The molecule has 0 N–H and O–H groups in total. The molecule has 0 unspecified atom stereocenters. The molecule has 3 atom stereocenters. The molecule has 0 amide bonds. The van der Waals surface area contributed by atoms with E-state index in [1.165, 1.54) is 0 Å². The molecule has 2 aliphatic rings. The van der Waals surface area contributed by atoms with E-state index in [0.29, 0.717) is 36.3 Å². The molecule has 0 spiro atoms. The molecule has 166 valence electrons. The topological polar surface area (TPSA) is 61.8 Å². The Labute approximate surface area is 177 Å². The van der Waals surface area contributed by atoms with E-state index in [-0.39, 0.29) is 23.3 Å². The molecule has 0 aromatic rings. The van der Waals surface area contributed by atoms with Crippen LogP contribution >= 0.6 is 0 Å². The Balaban J connectivity index is 2.51. The lowest BCUT2D eigenvalue weighted by atomic mass is 9.63. The fraction of sp³-hybridized carbons (Fsp3) is 0.826. The van der Waals surface area contributed by atoms with Gasteiger partial charge < -0.3 is 13.9 Å². The molecule has 0 aromatic carbocycles. The Morgan fingerprint density at radius 3 is 2.21 bits per heavy atom. The van der Waals surface area contributed by atoms with Crippen LogP contribution in [0.2, 0.25) is 16.6 Å². The fourth-order valence-corrected chi connectivity index (χ4v) is 10.9. The Hall–Kier alpha value is -1.30. The largest absolute Gasteiger partial charge is 0.546 e. The van der Waals surface area contributed by atoms with Crippen molar-refractivity contribution in [2.75, 3.05) is 13.2 Å². The van der Waals surface area contributed by atoms with Gasteiger partial charge in [-0.15, -0.1) is 0 Å². The second-order valence-electron chi connectivity index (χ2n) is 10.3. The van der Waals surface area contributed by atoms with Crippen LogP contribution in [-0.4, -0.2) is 33.5 Å². The van der Waals surface area contributed by atoms with Crippen LogP contribution in [0.15, 0.2) is 11.8 Å². The van der Waals surface area contributed by atoms with Gasteiger partial charge in [-0.3, -0.25) is 9.59 Å². The van der Waals surface area contributed by atoms with E-state index >= 15 is 0 Å². The van der Waals surface area contributed by atoms with Crippen LogP contribution in [0.25, 0.3) is 0 Å². The summed E-state index contributed by atoms with van der Waals surface area (Å²) in [7, 11) is -2.15. The van der Waals surface area contributed by atoms with Crippen molar-refractivity contribution in [1.29, 1.82) is 0 Å². The van der Waals surface area contributed by atoms with Crippen molar-refractivity contribution in [1.82, 2.24) is 0 Å². The second-order valence-corrected chi connectivity index (χ2v) is 15.6. The zero-order valence-electron chi connectivity index (χ0n) is 19.7. The number of fused-ring (bicyclic) bond motifs is 1. The van der Waals surface area contributed by atoms with Crippen molar-refractivity contribution < 1.29 is 23.5 Å². The van der Waals surface area contributed by atoms with Crippen LogP contribution in [0.3, 0.4) is 0 Å². The third kappa shape index (κ3) is 4.42. The highest BCUT2D eigenvalue weighted by molar-refractivity contribution is 6.77. The molecule has 1 heterocycles. The molecule has 1 saturated heterocycles. The number of hydrogen-bond donors (Lipinski definition) is 0. The van der Waals surface area contributed by atoms with Crippen LogP contribution in [0, 0.1) is 23.2 Å². The van der Waals surface area contributed by atoms with E-state index in [1.54, 1.807) is 6.92 Å². The first-order chi connectivity index (χ1) is 13.4. The predicted octanol–water partition coefficient (Wildman–Crippen LogP) is 5.46. The first-order valence-corrected chi connectivity index (χ1v) is 13.2. The van der Waals surface area contributed by atoms with Gasteiger partial charge in [0.1, 0.15) is 0 Å². The molecule has 0 radical (unpaired) electrons. The van der Waals surface area contributed by atoms with Gasteiger partial charge in [-0.2, -0.15) is 0 Å². The van der Waals surface area contributed by atoms with E-state index in [4.69, 9.17) is 13.9 Å². The molecule has 1 fully saturated rings. The first kappa shape index (κ1) is 24.0. The molecular weight excluding hydrogens is 384 g/mol. The zero-order chi connectivity index (χ0) is 22.1. The summed E-state index contributed by atoms with van der Waals surface area (Å²) in [6.07, 6.45) is 2.54. The van der Waals surface area contributed by atoms with Gasteiger partial charge in [-0.05, 0) is 29.6 Å². The number of rotatable bonds is 7. The van der Waals surface area contributed by atoms with Crippen molar-refractivity contribution in [2.45, 2.75) is 85.4 Å². The smallest absolute Gasteiger partial charge is 0.310 e. The van der Waals surface area contributed by atoms with Gasteiger partial charge in [0.2, 0.25) is 0 Å². The monoisotopic (exact) mass is 424 g/mol. The minimum absolute atomic E-state index is 0.0971. The quantitative estimate of drug-likeness (QED) is 0.401. The highest BCUT2D eigenvalue weighted by Crippen LogP contribution is 2.50. The summed E-state index contributed by atoms with van der Waals surface area (Å²) in [6.45, 7) is 20.2. The summed E-state index contributed by atoms with van der Waals surface area (Å²) < 4.78 is 17.8. The van der Waals surface area contributed by atoms with Gasteiger partial charge in [0.25, 0.3) is 8.32 Å². The number of allylic oxidation sites excluding steroid dienone is 2. The summed E-state index contributed by atoms with van der Waals surface area (Å²) in [5.74, 6) is -0.890. The molecular formula is C23H40O5Si. The zero-order valence-corrected chi connectivity index (χ0v) is 20.7. The number of carbonyl (C=O) groups is 2. The third-order valence-electron chi connectivity index (χ3n) is 6.97. The second kappa shape index (κ2) is 8.82. The standard InChI is InChI=1S/C23H40O5Si/c1-10-26-21(24)18-11-17(28-29(14(2)3,15(4)5)16(6)7)12-19-20(18)22(25)27-13-23(19,8)9/h12,14-16,18-20H,10-11,13H2,1-9H3/t18-,19-,20+/m0/s1. The van der Waals surface area contributed by atoms with Crippen LogP contribution in [0.5, 0.6) is 0 Å². The number of ether oxygens (including phenoxy) is 2. The van der Waals surface area contributed by atoms with Crippen molar-refractivity contribution >= 4 is 20.3 Å². The van der Waals surface area contributed by atoms with Crippen molar-refractivity contribution in [2.24, 2.45) is 23.2 Å². The number of cyclic esters (lactones) is 1. The molecule has 0 bridgehead atoms. The first-order valence-electron chi connectivity index (χ1n) is 11.1. The minimum Gasteiger partial charge on any atom is -0.546 e. The number of hydrogen-bond acceptors (Lipinski definition) is 5. The summed E-state index contributed by atoms with van der Waals surface area (Å²) >= 11 is 0. The van der Waals surface area contributed by atoms with Crippen molar-refractivity contribution in [3.63, 3.8) is 0 Å². The molecule has 1 aliphatic heterocycles. The van der Waals surface area contributed by atoms with Crippen molar-refractivity contribution in [3.8, 4) is 0 Å². The third-order valence-corrected chi connectivity index (χ3v) is 13.0. The lowest BCUT2D eigenvalue weighted by Gasteiger charge is -2.48. The Morgan fingerprint density at radius 2 is 1.72 bits per heavy atom. The molecule has 6 heteroatoms. The van der Waals surface area contributed by atoms with Gasteiger partial charge in [0.15, 0.2) is 0 Å². The lowest BCUT2D eigenvalue weighted by molar-refractivity contribution is -0.177. The van der Waals surface area contributed by atoms with E-state index in [0.717, 1.165) is 5.76 Å². The van der Waals surface area contributed by atoms with Crippen LogP contribution in [0.4, 0.5) is 0 Å². The summed E-state index contributed by atoms with van der Waals surface area (Å²) in [5.41, 5.74) is 1.06. The van der Waals surface area contributed by atoms with Gasteiger partial charge in [-0.1, -0.05) is 55.4 Å². The van der Waals surface area contributed by atoms with E-state index in [2.05, 4.69) is 61.5 Å². The summed E-state index contributed by atoms with van der Waals surface area (Å²) in [4.78, 5) is 25.5. The van der Waals surface area contributed by atoms with Crippen molar-refractivity contribution in [3.05, 3.63) is 11.8 Å². The van der Waals surface area contributed by atoms with E-state index in [1.807, 2.05) is 0 Å². The molecule has 29 heavy (non-hydrogen) atoms. The van der Waals surface area contributed by atoms with Crippen LogP contribution < -0.4 is 0 Å². The van der Waals surface area contributed by atoms with Crippen LogP contribution in [0.1, 0.15) is 68.7 Å². The average Bonchev–Trinajstić information content (AvgIpc) is 2.61. The SMILES string of the molecule is CCOC(=O)[C@H]1CC(O[Si](C(C)C)(C(C)C)C(C)C)=C[C@H]2[C@@H]1C(=O)OCC2(C)C. The Bertz CT molecular complexity index is 628. The average molecular weight is 425 g/mol. The summed E-state index contributed by atoms with van der Waals surface area (Å²) in [6, 6.07) is 0. The van der Waals surface area contributed by atoms with Gasteiger partial charge in [0.05, 0.1) is 30.8 Å². The van der Waals surface area contributed by atoms with E-state index < -0.39 is 20.2 Å². The normalized spacial score (nSPS) is 26.8. The van der Waals surface area contributed by atoms with Crippen LogP contribution in [-0.2, 0) is 23.5 Å². The predicted molar refractivity (Wildman–Crippen MR) is 117 cm³/mol. The molecule has 0 saturated carbocycles. The maximum Gasteiger partial charge on any atom is 0.310 e. The highest BCUT2D eigenvalue weighted by Gasteiger charge is 2.54. The number of esters is 2. The number of carbonyl (C=O) groups excluding carboxylic acids is 2. The van der Waals surface area contributed by atoms with Gasteiger partial charge >= 0.3 is 11.9 Å². The van der Waals surface area contributed by atoms with Gasteiger partial charge in [0, 0.05) is 17.8 Å². The maximum atomic E-state index is 12.8. The molecule has 2 rings (SSSR count). The Kier molecular flexibility index (Phi) is 7.29.